The second-order valence-corrected chi connectivity index (χ2v) is 1.71. The zero-order valence-corrected chi connectivity index (χ0v) is 5.54. The van der Waals surface area contributed by atoms with Crippen molar-refractivity contribution in [3.05, 3.63) is 12.2 Å². The van der Waals surface area contributed by atoms with Gasteiger partial charge in [-0.3, -0.25) is 0 Å². The lowest BCUT2D eigenvalue weighted by atomic mass is 10.5. The normalized spacial score (nSPS) is 11.6. The molecule has 0 aromatic rings. The molecule has 0 saturated carbocycles. The monoisotopic (exact) mass is 131 g/mol. The molecule has 3 nitrogen and oxygen atoms in total. The molecule has 0 aromatic carbocycles. The van der Waals surface area contributed by atoms with Crippen molar-refractivity contribution in [3.63, 3.8) is 0 Å². The fourth-order valence-electron chi connectivity index (χ4n) is 0.414. The van der Waals surface area contributed by atoms with Gasteiger partial charge in [0.05, 0.1) is 0 Å². The van der Waals surface area contributed by atoms with Crippen LogP contribution in [-0.4, -0.2) is 29.6 Å². The third-order valence-corrected chi connectivity index (χ3v) is 0.825. The van der Waals surface area contributed by atoms with Gasteiger partial charge in [-0.1, -0.05) is 12.2 Å². The van der Waals surface area contributed by atoms with Crippen LogP contribution in [-0.2, 0) is 0 Å². The van der Waals surface area contributed by atoms with E-state index in [1.165, 1.54) is 0 Å². The molecule has 0 spiro atoms. The highest BCUT2D eigenvalue weighted by atomic mass is 16.5. The smallest absolute Gasteiger partial charge is 0.164 e. The van der Waals surface area contributed by atoms with E-state index in [4.69, 9.17) is 10.2 Å². The molecule has 3 heteroatoms. The molecular formula is C6H13NO2. The molecule has 0 fully saturated rings. The molecule has 0 bridgehead atoms. The number of aliphatic hydroxyl groups excluding tert-OH is 1. The van der Waals surface area contributed by atoms with E-state index >= 15 is 0 Å². The molecule has 0 radical (unpaired) electrons. The van der Waals surface area contributed by atoms with E-state index in [2.05, 4.69) is 5.32 Å². The standard InChI is InChI=1S/C6H13NO2/c1-2-3-4-7-5-6(8)9/h2-3,6-9H,4-5H2,1H3. The predicted molar refractivity (Wildman–Crippen MR) is 35.9 cm³/mol. The Morgan fingerprint density at radius 2 is 2.22 bits per heavy atom. The van der Waals surface area contributed by atoms with Crippen molar-refractivity contribution in [2.45, 2.75) is 13.2 Å². The molecule has 0 atom stereocenters. The molecule has 0 amide bonds. The summed E-state index contributed by atoms with van der Waals surface area (Å²) in [6.07, 6.45) is 2.56. The summed E-state index contributed by atoms with van der Waals surface area (Å²) in [5.41, 5.74) is 0. The van der Waals surface area contributed by atoms with E-state index in [9.17, 15) is 0 Å². The van der Waals surface area contributed by atoms with Crippen LogP contribution in [0.25, 0.3) is 0 Å². The van der Waals surface area contributed by atoms with E-state index < -0.39 is 6.29 Å². The Kier molecular flexibility index (Phi) is 5.51. The van der Waals surface area contributed by atoms with Crippen LogP contribution in [0.3, 0.4) is 0 Å². The fraction of sp³-hybridized carbons (Fsp3) is 0.667. The average Bonchev–Trinajstić information content (AvgIpc) is 1.80. The van der Waals surface area contributed by atoms with Gasteiger partial charge in [-0.25, -0.2) is 0 Å². The summed E-state index contributed by atoms with van der Waals surface area (Å²) in [4.78, 5) is 0. The van der Waals surface area contributed by atoms with Gasteiger partial charge in [0.25, 0.3) is 0 Å². The highest BCUT2D eigenvalue weighted by Gasteiger charge is 1.91. The Hall–Kier alpha value is -0.380. The molecule has 54 valence electrons. The van der Waals surface area contributed by atoms with Crippen molar-refractivity contribution in [3.8, 4) is 0 Å². The number of hydrogen-bond acceptors (Lipinski definition) is 3. The Morgan fingerprint density at radius 1 is 1.56 bits per heavy atom. The molecule has 0 unspecified atom stereocenters. The Labute approximate surface area is 55.0 Å². The summed E-state index contributed by atoms with van der Waals surface area (Å²) in [5, 5.41) is 19.4. The third kappa shape index (κ3) is 7.62. The summed E-state index contributed by atoms with van der Waals surface area (Å²) >= 11 is 0. The maximum Gasteiger partial charge on any atom is 0.164 e. The van der Waals surface area contributed by atoms with Gasteiger partial charge in [-0.15, -0.1) is 0 Å². The van der Waals surface area contributed by atoms with E-state index in [0.29, 0.717) is 6.54 Å². The lowest BCUT2D eigenvalue weighted by molar-refractivity contribution is -0.0365. The van der Waals surface area contributed by atoms with Gasteiger partial charge in [0.1, 0.15) is 0 Å². The fourth-order valence-corrected chi connectivity index (χ4v) is 0.414. The van der Waals surface area contributed by atoms with Crippen molar-refractivity contribution in [2.24, 2.45) is 0 Å². The van der Waals surface area contributed by atoms with Gasteiger partial charge in [0.15, 0.2) is 6.29 Å². The van der Waals surface area contributed by atoms with Crippen LogP contribution in [0.5, 0.6) is 0 Å². The van der Waals surface area contributed by atoms with E-state index in [0.717, 1.165) is 0 Å². The van der Waals surface area contributed by atoms with Gasteiger partial charge in [0.2, 0.25) is 0 Å². The molecule has 0 heterocycles. The van der Waals surface area contributed by atoms with E-state index in [-0.39, 0.29) is 6.54 Å². The summed E-state index contributed by atoms with van der Waals surface area (Å²) < 4.78 is 0. The second kappa shape index (κ2) is 5.75. The number of hydrogen-bond donors (Lipinski definition) is 3. The van der Waals surface area contributed by atoms with Crippen molar-refractivity contribution >= 4 is 0 Å². The maximum absolute atomic E-state index is 8.32. The van der Waals surface area contributed by atoms with Crippen LogP contribution >= 0.6 is 0 Å². The van der Waals surface area contributed by atoms with Gasteiger partial charge < -0.3 is 15.5 Å². The van der Waals surface area contributed by atoms with Crippen LogP contribution in [0.1, 0.15) is 6.92 Å². The number of aliphatic hydroxyl groups is 2. The highest BCUT2D eigenvalue weighted by molar-refractivity contribution is 4.79. The predicted octanol–water partition coefficient (Wildman–Crippen LogP) is -0.537. The van der Waals surface area contributed by atoms with Crippen molar-refractivity contribution in [2.75, 3.05) is 13.1 Å². The van der Waals surface area contributed by atoms with E-state index in [1.807, 2.05) is 19.1 Å². The number of rotatable bonds is 4. The first-order valence-electron chi connectivity index (χ1n) is 2.95. The van der Waals surface area contributed by atoms with Gasteiger partial charge in [-0.05, 0) is 6.92 Å². The second-order valence-electron chi connectivity index (χ2n) is 1.71. The van der Waals surface area contributed by atoms with Crippen LogP contribution in [0, 0.1) is 0 Å². The quantitative estimate of drug-likeness (QED) is 0.273. The van der Waals surface area contributed by atoms with Crippen LogP contribution in [0.2, 0.25) is 0 Å². The van der Waals surface area contributed by atoms with Crippen LogP contribution in [0.15, 0.2) is 12.2 Å². The lowest BCUT2D eigenvalue weighted by Crippen LogP contribution is -2.26. The molecular weight excluding hydrogens is 118 g/mol. The Bertz CT molecular complexity index is 81.1. The summed E-state index contributed by atoms with van der Waals surface area (Å²) in [5.74, 6) is 0. The van der Waals surface area contributed by atoms with Crippen molar-refractivity contribution in [1.29, 1.82) is 0 Å². The van der Waals surface area contributed by atoms with E-state index in [1.54, 1.807) is 0 Å². The SMILES string of the molecule is CC=CCNCC(O)O. The van der Waals surface area contributed by atoms with Gasteiger partial charge in [0, 0.05) is 13.1 Å². The largest absolute Gasteiger partial charge is 0.367 e. The topological polar surface area (TPSA) is 52.5 Å². The molecule has 0 aliphatic heterocycles. The average molecular weight is 131 g/mol. The molecule has 3 N–H and O–H groups in total. The summed E-state index contributed by atoms with van der Waals surface area (Å²) in [7, 11) is 0. The molecule has 0 rings (SSSR count). The van der Waals surface area contributed by atoms with Gasteiger partial charge in [-0.2, -0.15) is 0 Å². The first-order chi connectivity index (χ1) is 4.27. The molecule has 0 saturated heterocycles. The highest BCUT2D eigenvalue weighted by Crippen LogP contribution is 1.70. The van der Waals surface area contributed by atoms with Crippen molar-refractivity contribution < 1.29 is 10.2 Å². The number of allylic oxidation sites excluding steroid dienone is 1. The molecule has 9 heavy (non-hydrogen) atoms. The first kappa shape index (κ1) is 8.62. The minimum Gasteiger partial charge on any atom is -0.367 e. The maximum atomic E-state index is 8.32. The molecule has 0 aliphatic rings. The van der Waals surface area contributed by atoms with Crippen LogP contribution in [0.4, 0.5) is 0 Å². The van der Waals surface area contributed by atoms with Gasteiger partial charge >= 0.3 is 0 Å². The molecule has 0 aromatic heterocycles. The summed E-state index contributed by atoms with van der Waals surface area (Å²) in [6, 6.07) is 0. The van der Waals surface area contributed by atoms with Crippen LogP contribution < -0.4 is 5.32 Å². The first-order valence-corrected chi connectivity index (χ1v) is 2.95. The van der Waals surface area contributed by atoms with Crippen molar-refractivity contribution in [1.82, 2.24) is 5.32 Å². The minimum absolute atomic E-state index is 0.227. The Balaban J connectivity index is 2.91. The Morgan fingerprint density at radius 3 is 2.67 bits per heavy atom. The zero-order chi connectivity index (χ0) is 7.11. The third-order valence-electron chi connectivity index (χ3n) is 0.825. The lowest BCUT2D eigenvalue weighted by Gasteiger charge is -2.01. The number of nitrogens with one attached hydrogen (secondary N) is 1. The molecule has 0 aliphatic carbocycles. The zero-order valence-electron chi connectivity index (χ0n) is 5.54. The minimum atomic E-state index is -1.24. The summed E-state index contributed by atoms with van der Waals surface area (Å²) in [6.45, 7) is 2.83.